The average molecular weight is 472 g/mol. The Hall–Kier alpha value is -4.29. The van der Waals surface area contributed by atoms with E-state index in [-0.39, 0.29) is 23.7 Å². The van der Waals surface area contributed by atoms with Gasteiger partial charge in [0.15, 0.2) is 6.61 Å². The lowest BCUT2D eigenvalue weighted by atomic mass is 10.1. The van der Waals surface area contributed by atoms with Gasteiger partial charge in [0.2, 0.25) is 11.2 Å². The molecule has 0 saturated carbocycles. The highest BCUT2D eigenvalue weighted by Gasteiger charge is 2.12. The predicted octanol–water partition coefficient (Wildman–Crippen LogP) is 6.41. The molecule has 0 radical (unpaired) electrons. The zero-order valence-electron chi connectivity index (χ0n) is 17.8. The summed E-state index contributed by atoms with van der Waals surface area (Å²) in [5, 5.41) is 5.65. The number of hydrogen-bond acceptors (Lipinski definition) is 5. The summed E-state index contributed by atoms with van der Waals surface area (Å²) in [5.74, 6) is 0.663. The molecule has 7 heteroatoms. The van der Waals surface area contributed by atoms with Gasteiger partial charge >= 0.3 is 0 Å². The van der Waals surface area contributed by atoms with E-state index in [1.165, 1.54) is 6.26 Å². The Balaban J connectivity index is 1.29. The van der Waals surface area contributed by atoms with Crippen molar-refractivity contribution in [2.75, 3.05) is 11.9 Å². The minimum Gasteiger partial charge on any atom is -0.484 e. The Morgan fingerprint density at radius 3 is 2.56 bits per heavy atom. The van der Waals surface area contributed by atoms with Crippen LogP contribution in [0.2, 0.25) is 5.02 Å². The molecule has 4 aromatic carbocycles. The fraction of sp³-hybridized carbons (Fsp3) is 0.0370. The zero-order chi connectivity index (χ0) is 23.5. The molecular weight excluding hydrogens is 454 g/mol. The van der Waals surface area contributed by atoms with Crippen molar-refractivity contribution >= 4 is 44.9 Å². The van der Waals surface area contributed by atoms with Gasteiger partial charge in [0, 0.05) is 16.8 Å². The van der Waals surface area contributed by atoms with Crippen LogP contribution in [0, 0.1) is 0 Å². The van der Waals surface area contributed by atoms with E-state index in [1.54, 1.807) is 48.5 Å². The van der Waals surface area contributed by atoms with Crippen molar-refractivity contribution in [1.82, 2.24) is 0 Å². The van der Waals surface area contributed by atoms with Crippen molar-refractivity contribution in [2.45, 2.75) is 0 Å². The van der Waals surface area contributed by atoms with Gasteiger partial charge in [-0.05, 0) is 53.2 Å². The Labute approximate surface area is 199 Å². The first-order chi connectivity index (χ1) is 16.5. The van der Waals surface area contributed by atoms with Crippen LogP contribution in [0.4, 0.5) is 5.69 Å². The lowest BCUT2D eigenvalue weighted by molar-refractivity contribution is -0.118. The summed E-state index contributed by atoms with van der Waals surface area (Å²) in [6, 6.07) is 25.0. The van der Waals surface area contributed by atoms with E-state index in [1.807, 2.05) is 36.4 Å². The average Bonchev–Trinajstić information content (AvgIpc) is 2.84. The lowest BCUT2D eigenvalue weighted by Gasteiger charge is -2.09. The van der Waals surface area contributed by atoms with E-state index in [0.717, 1.165) is 10.8 Å². The number of halogens is 1. The van der Waals surface area contributed by atoms with Crippen LogP contribution in [0.3, 0.4) is 0 Å². The van der Waals surface area contributed by atoms with Crippen molar-refractivity contribution in [3.8, 4) is 17.2 Å². The third kappa shape index (κ3) is 4.72. The highest BCUT2D eigenvalue weighted by molar-refractivity contribution is 6.30. The summed E-state index contributed by atoms with van der Waals surface area (Å²) in [6.45, 7) is -0.217. The van der Waals surface area contributed by atoms with Crippen molar-refractivity contribution < 1.29 is 18.7 Å². The fourth-order valence-electron chi connectivity index (χ4n) is 3.52. The summed E-state index contributed by atoms with van der Waals surface area (Å²) in [6.07, 6.45) is 1.27. The van der Waals surface area contributed by atoms with Crippen molar-refractivity contribution in [3.63, 3.8) is 0 Å². The van der Waals surface area contributed by atoms with Gasteiger partial charge in [-0.15, -0.1) is 0 Å². The molecule has 1 amide bonds. The normalized spacial score (nSPS) is 10.9. The maximum Gasteiger partial charge on any atom is 0.262 e. The molecule has 1 aromatic heterocycles. The van der Waals surface area contributed by atoms with Gasteiger partial charge in [-0.1, -0.05) is 48.0 Å². The van der Waals surface area contributed by atoms with Gasteiger partial charge in [-0.25, -0.2) is 0 Å². The predicted molar refractivity (Wildman–Crippen MR) is 132 cm³/mol. The first-order valence-corrected chi connectivity index (χ1v) is 10.8. The van der Waals surface area contributed by atoms with E-state index >= 15 is 0 Å². The molecule has 0 aliphatic heterocycles. The molecule has 0 aliphatic carbocycles. The second-order valence-electron chi connectivity index (χ2n) is 7.55. The molecule has 1 N–H and O–H groups in total. The molecule has 0 saturated heterocycles. The van der Waals surface area contributed by atoms with Gasteiger partial charge < -0.3 is 19.2 Å². The largest absolute Gasteiger partial charge is 0.484 e. The Kier molecular flexibility index (Phi) is 5.89. The number of benzene rings is 4. The third-order valence-electron chi connectivity index (χ3n) is 5.14. The molecule has 6 nitrogen and oxygen atoms in total. The summed E-state index contributed by atoms with van der Waals surface area (Å²) in [4.78, 5) is 25.0. The monoisotopic (exact) mass is 471 g/mol. The molecule has 0 fully saturated rings. The molecular formula is C27H18ClNO5. The number of hydrogen-bond donors (Lipinski definition) is 1. The first kappa shape index (κ1) is 21.6. The van der Waals surface area contributed by atoms with Gasteiger partial charge in [-0.3, -0.25) is 9.59 Å². The first-order valence-electron chi connectivity index (χ1n) is 10.5. The molecule has 5 rings (SSSR count). The number of amides is 1. The van der Waals surface area contributed by atoms with Crippen molar-refractivity contribution in [2.24, 2.45) is 0 Å². The molecule has 0 bridgehead atoms. The zero-order valence-corrected chi connectivity index (χ0v) is 18.5. The van der Waals surface area contributed by atoms with Gasteiger partial charge in [0.05, 0.1) is 5.39 Å². The molecule has 1 heterocycles. The van der Waals surface area contributed by atoms with Gasteiger partial charge in [-0.2, -0.15) is 0 Å². The van der Waals surface area contributed by atoms with Crippen LogP contribution in [0.1, 0.15) is 0 Å². The third-order valence-corrected chi connectivity index (χ3v) is 5.38. The van der Waals surface area contributed by atoms with Crippen LogP contribution in [0.5, 0.6) is 17.2 Å². The molecule has 0 spiro atoms. The summed E-state index contributed by atoms with van der Waals surface area (Å²) in [7, 11) is 0. The highest BCUT2D eigenvalue weighted by Crippen LogP contribution is 2.26. The summed E-state index contributed by atoms with van der Waals surface area (Å²) in [5.41, 5.74) is 0.591. The molecule has 0 unspecified atom stereocenters. The van der Waals surface area contributed by atoms with E-state index < -0.39 is 0 Å². The summed E-state index contributed by atoms with van der Waals surface area (Å²) >= 11 is 5.92. The van der Waals surface area contributed by atoms with Gasteiger partial charge in [0.25, 0.3) is 5.91 Å². The minimum absolute atomic E-state index is 0.0809. The van der Waals surface area contributed by atoms with Crippen molar-refractivity contribution in [3.05, 3.63) is 106 Å². The maximum absolute atomic E-state index is 12.9. The lowest BCUT2D eigenvalue weighted by Crippen LogP contribution is -2.20. The standard InChI is InChI=1S/C27H18ClNO5/c28-19-6-3-7-20(13-19)29-26(30)16-32-21-10-11-23-24(14-21)33-15-25(27(23)31)34-22-9-8-17-4-1-2-5-18(17)12-22/h1-15H,16H2,(H,29,30). The van der Waals surface area contributed by atoms with Crippen LogP contribution < -0.4 is 20.2 Å². The van der Waals surface area contributed by atoms with Crippen LogP contribution in [0.15, 0.2) is 100 Å². The van der Waals surface area contributed by atoms with E-state index in [2.05, 4.69) is 5.32 Å². The van der Waals surface area contributed by atoms with Gasteiger partial charge in [0.1, 0.15) is 23.3 Å². The number of anilines is 1. The second kappa shape index (κ2) is 9.29. The Morgan fingerprint density at radius 1 is 0.882 bits per heavy atom. The molecule has 168 valence electrons. The van der Waals surface area contributed by atoms with E-state index in [4.69, 9.17) is 25.5 Å². The SMILES string of the molecule is O=C(COc1ccc2c(=O)c(Oc3ccc4ccccc4c3)coc2c1)Nc1cccc(Cl)c1. The summed E-state index contributed by atoms with van der Waals surface area (Å²) < 4.78 is 17.0. The Bertz CT molecular complexity index is 1580. The number of carbonyl (C=O) groups excluding carboxylic acids is 1. The number of rotatable bonds is 6. The fourth-order valence-corrected chi connectivity index (χ4v) is 3.71. The molecule has 5 aromatic rings. The maximum atomic E-state index is 12.9. The molecule has 0 aliphatic rings. The Morgan fingerprint density at radius 2 is 1.71 bits per heavy atom. The number of carbonyl (C=O) groups is 1. The van der Waals surface area contributed by atoms with Crippen LogP contribution in [-0.2, 0) is 4.79 Å². The van der Waals surface area contributed by atoms with Crippen LogP contribution in [0.25, 0.3) is 21.7 Å². The highest BCUT2D eigenvalue weighted by atomic mass is 35.5. The van der Waals surface area contributed by atoms with Crippen LogP contribution >= 0.6 is 11.6 Å². The smallest absolute Gasteiger partial charge is 0.262 e. The van der Waals surface area contributed by atoms with E-state index in [9.17, 15) is 9.59 Å². The number of fused-ring (bicyclic) bond motifs is 2. The molecule has 34 heavy (non-hydrogen) atoms. The van der Waals surface area contributed by atoms with E-state index in [0.29, 0.717) is 33.2 Å². The minimum atomic E-state index is -0.344. The van der Waals surface area contributed by atoms with Crippen LogP contribution in [-0.4, -0.2) is 12.5 Å². The van der Waals surface area contributed by atoms with Crippen molar-refractivity contribution in [1.29, 1.82) is 0 Å². The quantitative estimate of drug-likeness (QED) is 0.309. The topological polar surface area (TPSA) is 77.8 Å². The number of nitrogens with one attached hydrogen (secondary N) is 1. The molecule has 0 atom stereocenters. The second-order valence-corrected chi connectivity index (χ2v) is 7.98. The number of ether oxygens (including phenoxy) is 2.